The first-order valence-electron chi connectivity index (χ1n) is 6.89. The van der Waals surface area contributed by atoms with Crippen LogP contribution in [0.4, 0.5) is 0 Å². The first kappa shape index (κ1) is 14.8. The van der Waals surface area contributed by atoms with Crippen LogP contribution >= 0.6 is 28.6 Å². The van der Waals surface area contributed by atoms with Crippen molar-refractivity contribution < 1.29 is 4.79 Å². The molecule has 2 aliphatic heterocycles. The molecule has 4 rings (SSSR count). The lowest BCUT2D eigenvalue weighted by atomic mass is 10.1. The molecule has 1 aromatic heterocycles. The zero-order valence-corrected chi connectivity index (χ0v) is 13.9. The van der Waals surface area contributed by atoms with Gasteiger partial charge in [0.25, 0.3) is 5.91 Å². The van der Waals surface area contributed by atoms with Gasteiger partial charge in [-0.1, -0.05) is 11.6 Å². The van der Waals surface area contributed by atoms with Crippen molar-refractivity contribution in [3.63, 3.8) is 0 Å². The molecule has 0 saturated carbocycles. The molecular formula is C14H16BrClN4O. The van der Waals surface area contributed by atoms with Crippen LogP contribution in [0.25, 0.3) is 10.9 Å². The van der Waals surface area contributed by atoms with Crippen molar-refractivity contribution >= 4 is 45.4 Å². The van der Waals surface area contributed by atoms with Crippen LogP contribution in [0, 0.1) is 0 Å². The van der Waals surface area contributed by atoms with E-state index in [-0.39, 0.29) is 22.9 Å². The van der Waals surface area contributed by atoms with Gasteiger partial charge in [-0.15, -0.1) is 17.0 Å². The maximum Gasteiger partial charge on any atom is 0.275 e. The van der Waals surface area contributed by atoms with Crippen molar-refractivity contribution in [2.24, 2.45) is 0 Å². The number of aromatic amines is 1. The molecule has 112 valence electrons. The SMILES string of the molecule is Br.O=C(c1n[nH]c2cc(Cl)ccc12)N1CCN2CCC1C2. The number of carbonyl (C=O) groups is 1. The van der Waals surface area contributed by atoms with Gasteiger partial charge in [0.15, 0.2) is 5.69 Å². The van der Waals surface area contributed by atoms with Gasteiger partial charge in [-0.3, -0.25) is 14.8 Å². The van der Waals surface area contributed by atoms with Gasteiger partial charge in [0.05, 0.1) is 5.52 Å². The van der Waals surface area contributed by atoms with Crippen molar-refractivity contribution in [1.29, 1.82) is 0 Å². The number of rotatable bonds is 1. The third-order valence-corrected chi connectivity index (χ3v) is 4.57. The number of fused-ring (bicyclic) bond motifs is 3. The van der Waals surface area contributed by atoms with E-state index in [0.29, 0.717) is 16.8 Å². The molecule has 21 heavy (non-hydrogen) atoms. The molecule has 2 fully saturated rings. The van der Waals surface area contributed by atoms with Crippen LogP contribution < -0.4 is 0 Å². The predicted molar refractivity (Wildman–Crippen MR) is 87.3 cm³/mol. The Kier molecular flexibility index (Phi) is 3.94. The Morgan fingerprint density at radius 2 is 2.19 bits per heavy atom. The summed E-state index contributed by atoms with van der Waals surface area (Å²) in [6, 6.07) is 5.80. The van der Waals surface area contributed by atoms with Gasteiger partial charge in [-0.05, 0) is 24.6 Å². The molecular weight excluding hydrogens is 356 g/mol. The van der Waals surface area contributed by atoms with E-state index in [1.807, 2.05) is 11.0 Å². The Hall–Kier alpha value is -1.11. The summed E-state index contributed by atoms with van der Waals surface area (Å²) >= 11 is 5.96. The van der Waals surface area contributed by atoms with E-state index in [1.54, 1.807) is 12.1 Å². The number of amides is 1. The van der Waals surface area contributed by atoms with Crippen LogP contribution in [0.2, 0.25) is 5.02 Å². The Bertz CT molecular complexity index is 689. The van der Waals surface area contributed by atoms with Crippen molar-refractivity contribution in [3.05, 3.63) is 28.9 Å². The first-order chi connectivity index (χ1) is 9.72. The number of carbonyl (C=O) groups excluding carboxylic acids is 1. The van der Waals surface area contributed by atoms with E-state index in [9.17, 15) is 4.79 Å². The lowest BCUT2D eigenvalue weighted by molar-refractivity contribution is 0.0605. The summed E-state index contributed by atoms with van der Waals surface area (Å²) in [5, 5.41) is 8.60. The molecule has 2 unspecified atom stereocenters. The van der Waals surface area contributed by atoms with Gasteiger partial charge < -0.3 is 4.90 Å². The van der Waals surface area contributed by atoms with Gasteiger partial charge in [-0.2, -0.15) is 5.10 Å². The minimum absolute atomic E-state index is 0. The van der Waals surface area contributed by atoms with Crippen LogP contribution in [0.5, 0.6) is 0 Å². The number of benzene rings is 1. The highest BCUT2D eigenvalue weighted by atomic mass is 79.9. The molecule has 2 aliphatic rings. The highest BCUT2D eigenvalue weighted by molar-refractivity contribution is 8.93. The number of nitrogens with one attached hydrogen (secondary N) is 1. The Morgan fingerprint density at radius 1 is 1.33 bits per heavy atom. The van der Waals surface area contributed by atoms with Crippen LogP contribution in [-0.2, 0) is 0 Å². The summed E-state index contributed by atoms with van der Waals surface area (Å²) in [4.78, 5) is 17.1. The second kappa shape index (κ2) is 5.59. The van der Waals surface area contributed by atoms with Gasteiger partial charge >= 0.3 is 0 Å². The normalized spacial score (nSPS) is 24.1. The summed E-state index contributed by atoms with van der Waals surface area (Å²) in [6.45, 7) is 3.87. The smallest absolute Gasteiger partial charge is 0.275 e. The Balaban J connectivity index is 0.00000132. The van der Waals surface area contributed by atoms with Gasteiger partial charge in [0, 0.05) is 42.6 Å². The fraction of sp³-hybridized carbons (Fsp3) is 0.429. The summed E-state index contributed by atoms with van der Waals surface area (Å²) in [5.74, 6) is 0.0325. The third kappa shape index (κ3) is 2.45. The molecule has 3 heterocycles. The largest absolute Gasteiger partial charge is 0.332 e. The number of H-pyrrole nitrogens is 1. The van der Waals surface area contributed by atoms with Crippen LogP contribution in [-0.4, -0.2) is 58.1 Å². The maximum atomic E-state index is 12.7. The summed E-state index contributed by atoms with van der Waals surface area (Å²) in [6.07, 6.45) is 1.07. The van der Waals surface area contributed by atoms with E-state index in [0.717, 1.165) is 43.5 Å². The average Bonchev–Trinajstić information content (AvgIpc) is 3.02. The monoisotopic (exact) mass is 370 g/mol. The molecule has 2 aromatic rings. The predicted octanol–water partition coefficient (Wildman–Crippen LogP) is 2.32. The summed E-state index contributed by atoms with van der Waals surface area (Å²) < 4.78 is 0. The molecule has 2 saturated heterocycles. The first-order valence-corrected chi connectivity index (χ1v) is 7.27. The second-order valence-electron chi connectivity index (χ2n) is 5.50. The molecule has 0 spiro atoms. The van der Waals surface area contributed by atoms with E-state index in [1.165, 1.54) is 0 Å². The van der Waals surface area contributed by atoms with Crippen molar-refractivity contribution in [2.75, 3.05) is 26.2 Å². The minimum Gasteiger partial charge on any atom is -0.332 e. The van der Waals surface area contributed by atoms with Crippen molar-refractivity contribution in [3.8, 4) is 0 Å². The highest BCUT2D eigenvalue weighted by Gasteiger charge is 2.36. The van der Waals surface area contributed by atoms with E-state index in [4.69, 9.17) is 11.6 Å². The van der Waals surface area contributed by atoms with Crippen LogP contribution in [0.1, 0.15) is 16.9 Å². The molecule has 1 N–H and O–H groups in total. The molecule has 2 atom stereocenters. The second-order valence-corrected chi connectivity index (χ2v) is 5.94. The van der Waals surface area contributed by atoms with Gasteiger partial charge in [-0.25, -0.2) is 0 Å². The molecule has 7 heteroatoms. The number of hydrogen-bond donors (Lipinski definition) is 1. The lowest BCUT2D eigenvalue weighted by Gasteiger charge is -2.33. The van der Waals surface area contributed by atoms with E-state index < -0.39 is 0 Å². The molecule has 1 amide bonds. The Morgan fingerprint density at radius 3 is 3.05 bits per heavy atom. The Labute approximate surface area is 138 Å². The topological polar surface area (TPSA) is 52.2 Å². The minimum atomic E-state index is 0. The summed E-state index contributed by atoms with van der Waals surface area (Å²) in [7, 11) is 0. The van der Waals surface area contributed by atoms with E-state index >= 15 is 0 Å². The number of halogens is 2. The average molecular weight is 372 g/mol. The molecule has 5 nitrogen and oxygen atoms in total. The molecule has 2 bridgehead atoms. The zero-order chi connectivity index (χ0) is 13.7. The fourth-order valence-corrected chi connectivity index (χ4v) is 3.43. The van der Waals surface area contributed by atoms with E-state index in [2.05, 4.69) is 15.1 Å². The van der Waals surface area contributed by atoms with Crippen LogP contribution in [0.3, 0.4) is 0 Å². The molecule has 0 radical (unpaired) electrons. The van der Waals surface area contributed by atoms with Crippen LogP contribution in [0.15, 0.2) is 18.2 Å². The highest BCUT2D eigenvalue weighted by Crippen LogP contribution is 2.25. The summed E-state index contributed by atoms with van der Waals surface area (Å²) in [5.41, 5.74) is 1.32. The zero-order valence-electron chi connectivity index (χ0n) is 11.4. The van der Waals surface area contributed by atoms with Gasteiger partial charge in [0.2, 0.25) is 0 Å². The number of piperazine rings is 1. The molecule has 1 aromatic carbocycles. The number of hydrogen-bond acceptors (Lipinski definition) is 3. The lowest BCUT2D eigenvalue weighted by Crippen LogP contribution is -2.49. The third-order valence-electron chi connectivity index (χ3n) is 4.33. The molecule has 0 aliphatic carbocycles. The maximum absolute atomic E-state index is 12.7. The number of nitrogens with zero attached hydrogens (tertiary/aromatic N) is 3. The standard InChI is InChI=1S/C14H15ClN4O.BrH/c15-9-1-2-11-12(7-9)16-17-13(11)14(20)19-6-5-18-4-3-10(19)8-18;/h1-2,7,10H,3-6,8H2,(H,16,17);1H. The van der Waals surface area contributed by atoms with Gasteiger partial charge in [0.1, 0.15) is 0 Å². The number of aromatic nitrogens is 2. The quantitative estimate of drug-likeness (QED) is 0.837. The van der Waals surface area contributed by atoms with Crippen molar-refractivity contribution in [2.45, 2.75) is 12.5 Å². The fourth-order valence-electron chi connectivity index (χ4n) is 3.26. The van der Waals surface area contributed by atoms with Crippen molar-refractivity contribution in [1.82, 2.24) is 20.0 Å².